The molecule has 1 aromatic rings. The molecule has 2 rings (SSSR count). The van der Waals surface area contributed by atoms with E-state index in [1.54, 1.807) is 4.90 Å². The van der Waals surface area contributed by atoms with E-state index in [4.69, 9.17) is 0 Å². The van der Waals surface area contributed by atoms with Crippen LogP contribution in [0.2, 0.25) is 0 Å². The van der Waals surface area contributed by atoms with Gasteiger partial charge in [0.05, 0.1) is 11.5 Å². The molecule has 7 heteroatoms. The summed E-state index contributed by atoms with van der Waals surface area (Å²) in [4.78, 5) is 28.0. The fourth-order valence-electron chi connectivity index (χ4n) is 3.26. The topological polar surface area (TPSA) is 74.8 Å². The summed E-state index contributed by atoms with van der Waals surface area (Å²) in [6, 6.07) is 5.47. The maximum absolute atomic E-state index is 12.8. The number of carbonyl (C=O) groups is 2. The SMILES string of the molecule is CCN(C(=O)CN(C(C)=O)c1cc(C)ccc1C)C1CCS(=O)(=O)C1. The second-order valence-corrected chi connectivity index (χ2v) is 8.86. The lowest BCUT2D eigenvalue weighted by Gasteiger charge is -2.30. The van der Waals surface area contributed by atoms with E-state index < -0.39 is 9.84 Å². The molecule has 1 atom stereocenters. The average Bonchev–Trinajstić information content (AvgIpc) is 2.88. The van der Waals surface area contributed by atoms with Crippen molar-refractivity contribution in [1.82, 2.24) is 4.90 Å². The van der Waals surface area contributed by atoms with E-state index >= 15 is 0 Å². The van der Waals surface area contributed by atoms with E-state index in [1.165, 1.54) is 11.8 Å². The maximum Gasteiger partial charge on any atom is 0.242 e. The molecule has 0 aromatic heterocycles. The van der Waals surface area contributed by atoms with E-state index in [9.17, 15) is 18.0 Å². The maximum atomic E-state index is 12.8. The predicted molar refractivity (Wildman–Crippen MR) is 98.4 cm³/mol. The monoisotopic (exact) mass is 366 g/mol. The molecule has 1 aliphatic heterocycles. The number of hydrogen-bond donors (Lipinski definition) is 0. The summed E-state index contributed by atoms with van der Waals surface area (Å²) in [5.74, 6) is -0.303. The molecule has 1 aliphatic rings. The van der Waals surface area contributed by atoms with Gasteiger partial charge in [-0.1, -0.05) is 12.1 Å². The average molecular weight is 366 g/mol. The summed E-state index contributed by atoms with van der Waals surface area (Å²) in [6.45, 7) is 7.45. The number of amides is 2. The van der Waals surface area contributed by atoms with E-state index in [2.05, 4.69) is 0 Å². The molecule has 1 aromatic carbocycles. The van der Waals surface area contributed by atoms with Crippen LogP contribution >= 0.6 is 0 Å². The molecule has 1 fully saturated rings. The van der Waals surface area contributed by atoms with E-state index in [1.807, 2.05) is 39.0 Å². The van der Waals surface area contributed by atoms with Crippen LogP contribution in [0.25, 0.3) is 0 Å². The fraction of sp³-hybridized carbons (Fsp3) is 0.556. The second-order valence-electron chi connectivity index (χ2n) is 6.63. The van der Waals surface area contributed by atoms with Crippen molar-refractivity contribution in [2.45, 2.75) is 40.2 Å². The minimum Gasteiger partial charge on any atom is -0.337 e. The predicted octanol–water partition coefficient (Wildman–Crippen LogP) is 1.69. The van der Waals surface area contributed by atoms with Gasteiger partial charge in [0.1, 0.15) is 6.54 Å². The number of anilines is 1. The molecule has 6 nitrogen and oxygen atoms in total. The quantitative estimate of drug-likeness (QED) is 0.795. The van der Waals surface area contributed by atoms with Gasteiger partial charge in [0.15, 0.2) is 9.84 Å². The molecule has 0 bridgehead atoms. The number of likely N-dealkylation sites (N-methyl/N-ethyl adjacent to an activating group) is 1. The number of rotatable bonds is 5. The van der Waals surface area contributed by atoms with Crippen LogP contribution < -0.4 is 4.90 Å². The Labute approximate surface area is 149 Å². The van der Waals surface area contributed by atoms with Crippen molar-refractivity contribution in [3.05, 3.63) is 29.3 Å². The molecule has 0 N–H and O–H groups in total. The van der Waals surface area contributed by atoms with Crippen LogP contribution in [-0.2, 0) is 19.4 Å². The Morgan fingerprint density at radius 1 is 1.24 bits per heavy atom. The van der Waals surface area contributed by atoms with Crippen molar-refractivity contribution < 1.29 is 18.0 Å². The largest absolute Gasteiger partial charge is 0.337 e. The normalized spacial score (nSPS) is 18.8. The van der Waals surface area contributed by atoms with Crippen molar-refractivity contribution in [1.29, 1.82) is 0 Å². The Morgan fingerprint density at radius 3 is 2.44 bits per heavy atom. The van der Waals surface area contributed by atoms with Crippen molar-refractivity contribution in [2.24, 2.45) is 0 Å². The summed E-state index contributed by atoms with van der Waals surface area (Å²) in [5.41, 5.74) is 2.64. The third-order valence-corrected chi connectivity index (χ3v) is 6.39. The molecule has 138 valence electrons. The molecule has 2 amide bonds. The van der Waals surface area contributed by atoms with Gasteiger partial charge in [-0.05, 0) is 44.4 Å². The first-order chi connectivity index (χ1) is 11.6. The van der Waals surface area contributed by atoms with Gasteiger partial charge in [-0.3, -0.25) is 9.59 Å². The smallest absolute Gasteiger partial charge is 0.242 e. The first-order valence-corrected chi connectivity index (χ1v) is 10.3. The van der Waals surface area contributed by atoms with Crippen molar-refractivity contribution in [2.75, 3.05) is 29.5 Å². The molecule has 0 aliphatic carbocycles. The highest BCUT2D eigenvalue weighted by Crippen LogP contribution is 2.23. The number of nitrogens with zero attached hydrogens (tertiary/aromatic N) is 2. The Bertz CT molecular complexity index is 773. The number of sulfone groups is 1. The molecular formula is C18H26N2O4S. The fourth-order valence-corrected chi connectivity index (χ4v) is 4.99. The van der Waals surface area contributed by atoms with Crippen LogP contribution in [0.5, 0.6) is 0 Å². The first kappa shape index (κ1) is 19.4. The third kappa shape index (κ3) is 4.60. The Kier molecular flexibility index (Phi) is 5.87. The lowest BCUT2D eigenvalue weighted by Crippen LogP contribution is -2.47. The lowest BCUT2D eigenvalue weighted by atomic mass is 10.1. The molecule has 0 spiro atoms. The van der Waals surface area contributed by atoms with Crippen molar-refractivity contribution in [3.63, 3.8) is 0 Å². The van der Waals surface area contributed by atoms with Crippen LogP contribution in [-0.4, -0.2) is 55.8 Å². The summed E-state index contributed by atoms with van der Waals surface area (Å²) < 4.78 is 23.4. The number of aryl methyl sites for hydroxylation is 2. The van der Waals surface area contributed by atoms with E-state index in [0.717, 1.165) is 16.8 Å². The van der Waals surface area contributed by atoms with Crippen LogP contribution in [0.15, 0.2) is 18.2 Å². The molecule has 25 heavy (non-hydrogen) atoms. The molecular weight excluding hydrogens is 340 g/mol. The highest BCUT2D eigenvalue weighted by molar-refractivity contribution is 7.91. The zero-order valence-electron chi connectivity index (χ0n) is 15.3. The summed E-state index contributed by atoms with van der Waals surface area (Å²) in [6.07, 6.45) is 0.464. The van der Waals surface area contributed by atoms with Gasteiger partial charge in [0, 0.05) is 25.2 Å². The number of carbonyl (C=O) groups excluding carboxylic acids is 2. The number of benzene rings is 1. The lowest BCUT2D eigenvalue weighted by molar-refractivity contribution is -0.132. The highest BCUT2D eigenvalue weighted by Gasteiger charge is 2.34. The Balaban J connectivity index is 2.22. The van der Waals surface area contributed by atoms with Gasteiger partial charge in [-0.2, -0.15) is 0 Å². The second kappa shape index (κ2) is 7.56. The van der Waals surface area contributed by atoms with Crippen LogP contribution in [0.4, 0.5) is 5.69 Å². The number of hydrogen-bond acceptors (Lipinski definition) is 4. The van der Waals surface area contributed by atoms with Crippen LogP contribution in [0.3, 0.4) is 0 Å². The molecule has 0 saturated carbocycles. The third-order valence-electron chi connectivity index (χ3n) is 4.64. The molecule has 1 heterocycles. The standard InChI is InChI=1S/C18H26N2O4S/c1-5-19(16-8-9-25(23,24)12-16)18(22)11-20(15(4)21)17-10-13(2)6-7-14(17)3/h6-7,10,16H,5,8-9,11-12H2,1-4H3. The van der Waals surface area contributed by atoms with Gasteiger partial charge in [-0.15, -0.1) is 0 Å². The molecule has 1 saturated heterocycles. The van der Waals surface area contributed by atoms with Crippen LogP contribution in [0, 0.1) is 13.8 Å². The summed E-state index contributed by atoms with van der Waals surface area (Å²) in [5, 5.41) is 0. The summed E-state index contributed by atoms with van der Waals surface area (Å²) in [7, 11) is -3.07. The molecule has 0 radical (unpaired) electrons. The van der Waals surface area contributed by atoms with E-state index in [-0.39, 0.29) is 35.9 Å². The zero-order valence-corrected chi connectivity index (χ0v) is 16.1. The van der Waals surface area contributed by atoms with Gasteiger partial charge < -0.3 is 9.80 Å². The summed E-state index contributed by atoms with van der Waals surface area (Å²) >= 11 is 0. The van der Waals surface area contributed by atoms with Crippen LogP contribution in [0.1, 0.15) is 31.4 Å². The Hall–Kier alpha value is -1.89. The Morgan fingerprint density at radius 2 is 1.92 bits per heavy atom. The first-order valence-electron chi connectivity index (χ1n) is 8.50. The molecule has 1 unspecified atom stereocenters. The van der Waals surface area contributed by atoms with Crippen molar-refractivity contribution in [3.8, 4) is 0 Å². The minimum atomic E-state index is -3.07. The van der Waals surface area contributed by atoms with Gasteiger partial charge in [-0.25, -0.2) is 8.42 Å². The van der Waals surface area contributed by atoms with Crippen molar-refractivity contribution >= 4 is 27.3 Å². The van der Waals surface area contributed by atoms with Gasteiger partial charge >= 0.3 is 0 Å². The van der Waals surface area contributed by atoms with E-state index in [0.29, 0.717) is 13.0 Å². The zero-order chi connectivity index (χ0) is 18.8. The highest BCUT2D eigenvalue weighted by atomic mass is 32.2. The minimum absolute atomic E-state index is 0.0100. The van der Waals surface area contributed by atoms with Gasteiger partial charge in [0.25, 0.3) is 0 Å². The van der Waals surface area contributed by atoms with Gasteiger partial charge in [0.2, 0.25) is 11.8 Å².